The molecule has 5 rings (SSSR count). The summed E-state index contributed by atoms with van der Waals surface area (Å²) in [6.07, 6.45) is 0.504. The minimum absolute atomic E-state index is 0.0500. The highest BCUT2D eigenvalue weighted by Crippen LogP contribution is 2.49. The summed E-state index contributed by atoms with van der Waals surface area (Å²) in [5, 5.41) is -0.0500. The molecule has 234 valence electrons. The summed E-state index contributed by atoms with van der Waals surface area (Å²) < 4.78 is 42.6. The van der Waals surface area contributed by atoms with Crippen molar-refractivity contribution in [3.8, 4) is 5.75 Å². The normalized spacial score (nSPS) is 25.2. The molecule has 3 aromatic rings. The lowest BCUT2D eigenvalue weighted by Gasteiger charge is -2.51. The molecule has 2 aliphatic rings. The Morgan fingerprint density at radius 3 is 2.23 bits per heavy atom. The van der Waals surface area contributed by atoms with E-state index in [9.17, 15) is 0 Å². The van der Waals surface area contributed by atoms with Gasteiger partial charge in [-0.2, -0.15) is 0 Å². The maximum Gasteiger partial charge on any atom is 0.358 e. The van der Waals surface area contributed by atoms with Crippen molar-refractivity contribution in [2.75, 3.05) is 12.3 Å². The lowest BCUT2D eigenvalue weighted by atomic mass is 10.1. The molecule has 0 bridgehead atoms. The molecule has 2 aromatic heterocycles. The molecule has 0 spiro atoms. The van der Waals surface area contributed by atoms with E-state index in [4.69, 9.17) is 45.1 Å². The highest BCUT2D eigenvalue weighted by atomic mass is 32.1. The number of nitrogens with two attached hydrogens (primary N) is 1. The SMILES string of the molecule is CC(C)[Si]1(C(C)C)OC[C@H]2O[C@H](n3cnc4c(N)ncnc43)[C@H](OC(=S)Oc3ccccc3)C2O[Si](C(C)C)(C(C)C)O1. The summed E-state index contributed by atoms with van der Waals surface area (Å²) in [5.74, 6) is 0.841. The Morgan fingerprint density at radius 2 is 1.60 bits per heavy atom. The monoisotopic (exact) mass is 645 g/mol. The van der Waals surface area contributed by atoms with Crippen LogP contribution in [0.15, 0.2) is 43.0 Å². The highest BCUT2D eigenvalue weighted by molar-refractivity contribution is 7.79. The fourth-order valence-corrected chi connectivity index (χ4v) is 17.7. The number of nitrogens with zero attached hydrogens (tertiary/aromatic N) is 4. The van der Waals surface area contributed by atoms with Crippen LogP contribution in [-0.2, 0) is 22.4 Å². The van der Waals surface area contributed by atoms with Crippen LogP contribution in [0.4, 0.5) is 5.82 Å². The number of aromatic nitrogens is 4. The molecule has 4 heterocycles. The van der Waals surface area contributed by atoms with Crippen molar-refractivity contribution in [3.63, 3.8) is 0 Å². The van der Waals surface area contributed by atoms with Crippen LogP contribution in [0.25, 0.3) is 11.2 Å². The molecule has 0 amide bonds. The third-order valence-corrected chi connectivity index (χ3v) is 18.9. The van der Waals surface area contributed by atoms with Gasteiger partial charge >= 0.3 is 22.4 Å². The zero-order valence-electron chi connectivity index (χ0n) is 26.1. The van der Waals surface area contributed by atoms with Crippen molar-refractivity contribution < 1.29 is 27.2 Å². The second-order valence-electron chi connectivity index (χ2n) is 12.5. The van der Waals surface area contributed by atoms with E-state index in [0.29, 0.717) is 16.9 Å². The average Bonchev–Trinajstić information content (AvgIpc) is 3.50. The van der Waals surface area contributed by atoms with Gasteiger partial charge < -0.3 is 32.9 Å². The molecule has 0 aliphatic carbocycles. The first kappa shape index (κ1) is 31.9. The molecule has 11 nitrogen and oxygen atoms in total. The number of ether oxygens (including phenoxy) is 3. The molecular formula is C29H43N5O6SSi2. The van der Waals surface area contributed by atoms with Crippen LogP contribution in [0, 0.1) is 0 Å². The van der Waals surface area contributed by atoms with Crippen molar-refractivity contribution in [1.82, 2.24) is 19.5 Å². The van der Waals surface area contributed by atoms with Crippen molar-refractivity contribution in [2.24, 2.45) is 0 Å². The quantitative estimate of drug-likeness (QED) is 0.240. The predicted octanol–water partition coefficient (Wildman–Crippen LogP) is 6.01. The molecule has 1 unspecified atom stereocenters. The first-order valence-corrected chi connectivity index (χ1v) is 19.3. The second-order valence-corrected chi connectivity index (χ2v) is 21.6. The van der Waals surface area contributed by atoms with Crippen LogP contribution in [0.5, 0.6) is 5.75 Å². The molecule has 4 atom stereocenters. The maximum atomic E-state index is 7.38. The molecule has 2 aliphatic heterocycles. The van der Waals surface area contributed by atoms with E-state index in [1.54, 1.807) is 10.9 Å². The number of benzene rings is 1. The summed E-state index contributed by atoms with van der Waals surface area (Å²) in [7, 11) is -5.76. The number of imidazole rings is 1. The van der Waals surface area contributed by atoms with Crippen LogP contribution in [0.3, 0.4) is 0 Å². The van der Waals surface area contributed by atoms with Gasteiger partial charge in [0, 0.05) is 12.2 Å². The lowest BCUT2D eigenvalue weighted by Crippen LogP contribution is -2.66. The van der Waals surface area contributed by atoms with Crippen molar-refractivity contribution in [2.45, 2.75) is 102 Å². The maximum absolute atomic E-state index is 7.38. The van der Waals surface area contributed by atoms with Gasteiger partial charge in [0.25, 0.3) is 0 Å². The molecule has 2 fully saturated rings. The third kappa shape index (κ3) is 5.85. The molecule has 2 N–H and O–H groups in total. The van der Waals surface area contributed by atoms with Crippen LogP contribution >= 0.6 is 12.2 Å². The Morgan fingerprint density at radius 1 is 0.953 bits per heavy atom. The average molecular weight is 646 g/mol. The van der Waals surface area contributed by atoms with Gasteiger partial charge in [-0.3, -0.25) is 4.57 Å². The van der Waals surface area contributed by atoms with E-state index in [-0.39, 0.29) is 39.8 Å². The topological polar surface area (TPSA) is 125 Å². The molecular weight excluding hydrogens is 603 g/mol. The van der Waals surface area contributed by atoms with Gasteiger partial charge in [-0.1, -0.05) is 73.6 Å². The third-order valence-electron chi connectivity index (χ3n) is 8.45. The standard InChI is InChI=1S/C29H43N5O6SSi2/c1-17(2)42(18(3)4)35-14-22-24(39-43(40-42,19(5)6)20(7)8)25(38-29(41)36-21-12-10-9-11-13-21)28(37-22)34-16-33-23-26(30)31-15-32-27(23)34/h9-13,15-20,22,24-25,28H,14H2,1-8H3,(H2,30,31,32)/t22-,24?,25-,28+/m1/s1. The minimum Gasteiger partial charge on any atom is -0.446 e. The van der Waals surface area contributed by atoms with Gasteiger partial charge in [0.1, 0.15) is 29.8 Å². The van der Waals surface area contributed by atoms with E-state index < -0.39 is 41.7 Å². The smallest absolute Gasteiger partial charge is 0.358 e. The second kappa shape index (κ2) is 12.5. The van der Waals surface area contributed by atoms with Gasteiger partial charge in [-0.15, -0.1) is 0 Å². The van der Waals surface area contributed by atoms with Gasteiger partial charge in [0.05, 0.1) is 12.9 Å². The number of hydrogen-bond acceptors (Lipinski definition) is 11. The summed E-state index contributed by atoms with van der Waals surface area (Å²) >= 11 is 5.62. The summed E-state index contributed by atoms with van der Waals surface area (Å²) in [4.78, 5) is 13.0. The number of fused-ring (bicyclic) bond motifs is 2. The number of anilines is 1. The van der Waals surface area contributed by atoms with Crippen molar-refractivity contribution in [3.05, 3.63) is 43.0 Å². The fourth-order valence-electron chi connectivity index (χ4n) is 6.25. The Balaban J connectivity index is 1.60. The van der Waals surface area contributed by atoms with Gasteiger partial charge in [-0.05, 0) is 34.3 Å². The Kier molecular flexibility index (Phi) is 9.28. The molecule has 1 aromatic carbocycles. The van der Waals surface area contributed by atoms with Crippen molar-refractivity contribution in [1.29, 1.82) is 0 Å². The van der Waals surface area contributed by atoms with E-state index >= 15 is 0 Å². The Bertz CT molecular complexity index is 1410. The summed E-state index contributed by atoms with van der Waals surface area (Å²) in [5.41, 5.74) is 7.74. The van der Waals surface area contributed by atoms with Gasteiger partial charge in [0.2, 0.25) is 0 Å². The van der Waals surface area contributed by atoms with Crippen LogP contribution in [0.1, 0.15) is 61.6 Å². The molecule has 14 heteroatoms. The van der Waals surface area contributed by atoms with Crippen LogP contribution in [0.2, 0.25) is 22.2 Å². The van der Waals surface area contributed by atoms with E-state index in [1.165, 1.54) is 6.33 Å². The summed E-state index contributed by atoms with van der Waals surface area (Å²) in [6.45, 7) is 17.8. The molecule has 0 radical (unpaired) electrons. The molecule has 0 saturated carbocycles. The number of rotatable bonds is 7. The molecule has 43 heavy (non-hydrogen) atoms. The van der Waals surface area contributed by atoms with E-state index in [1.807, 2.05) is 30.3 Å². The zero-order chi connectivity index (χ0) is 31.1. The Hall–Kier alpha value is -2.47. The van der Waals surface area contributed by atoms with Crippen LogP contribution in [-0.4, -0.2) is 66.8 Å². The first-order chi connectivity index (χ1) is 20.4. The summed E-state index contributed by atoms with van der Waals surface area (Å²) in [6, 6.07) is 9.27. The number of hydrogen-bond donors (Lipinski definition) is 1. The predicted molar refractivity (Wildman–Crippen MR) is 172 cm³/mol. The van der Waals surface area contributed by atoms with E-state index in [2.05, 4.69) is 70.3 Å². The number of nitrogen functional groups attached to an aromatic ring is 1. The first-order valence-electron chi connectivity index (χ1n) is 14.9. The number of para-hydroxylation sites is 1. The Labute approximate surface area is 260 Å². The van der Waals surface area contributed by atoms with E-state index in [0.717, 1.165) is 0 Å². The number of thiocarbonyl (C=S) groups is 1. The van der Waals surface area contributed by atoms with Crippen molar-refractivity contribution >= 4 is 51.6 Å². The largest absolute Gasteiger partial charge is 0.446 e. The fraction of sp³-hybridized carbons (Fsp3) is 0.586. The van der Waals surface area contributed by atoms with Gasteiger partial charge in [-0.25, -0.2) is 15.0 Å². The lowest BCUT2D eigenvalue weighted by molar-refractivity contribution is -0.0569. The zero-order valence-corrected chi connectivity index (χ0v) is 28.9. The highest BCUT2D eigenvalue weighted by Gasteiger charge is 2.62. The molecule has 2 saturated heterocycles. The van der Waals surface area contributed by atoms with Crippen LogP contribution < -0.4 is 10.5 Å². The van der Waals surface area contributed by atoms with Gasteiger partial charge in [0.15, 0.2) is 23.8 Å². The minimum atomic E-state index is -2.99.